The molecule has 0 aromatic carbocycles. The summed E-state index contributed by atoms with van der Waals surface area (Å²) in [4.78, 5) is 20.5. The highest BCUT2D eigenvalue weighted by atomic mass is 16.2. The Balaban J connectivity index is 1.73. The molecule has 0 aliphatic carbocycles. The summed E-state index contributed by atoms with van der Waals surface area (Å²) in [5.41, 5.74) is 3.07. The number of fused-ring (bicyclic) bond motifs is 1. The number of hydrogen-bond acceptors (Lipinski definition) is 5. The molecule has 0 saturated carbocycles. The van der Waals surface area contributed by atoms with E-state index in [0.717, 1.165) is 16.8 Å². The maximum atomic E-state index is 12.2. The first-order valence-electron chi connectivity index (χ1n) is 6.79. The van der Waals surface area contributed by atoms with Crippen molar-refractivity contribution in [3.63, 3.8) is 0 Å². The fourth-order valence-corrected chi connectivity index (χ4v) is 2.50. The van der Waals surface area contributed by atoms with Crippen molar-refractivity contribution < 1.29 is 4.79 Å². The Kier molecular flexibility index (Phi) is 2.82. The zero-order valence-corrected chi connectivity index (χ0v) is 11.4. The molecule has 0 bridgehead atoms. The van der Waals surface area contributed by atoms with Gasteiger partial charge in [0.2, 0.25) is 0 Å². The van der Waals surface area contributed by atoms with Crippen molar-refractivity contribution in [2.75, 3.05) is 5.32 Å². The molecule has 1 aliphatic heterocycles. The van der Waals surface area contributed by atoms with Crippen molar-refractivity contribution in [1.29, 1.82) is 0 Å². The summed E-state index contributed by atoms with van der Waals surface area (Å²) in [6, 6.07) is 7.25. The Labute approximate surface area is 125 Å². The predicted octanol–water partition coefficient (Wildman–Crippen LogP) is 1.72. The van der Waals surface area contributed by atoms with Gasteiger partial charge in [-0.2, -0.15) is 5.10 Å². The van der Waals surface area contributed by atoms with E-state index in [9.17, 15) is 4.79 Å². The van der Waals surface area contributed by atoms with E-state index in [2.05, 4.69) is 30.8 Å². The molecule has 1 aliphatic rings. The summed E-state index contributed by atoms with van der Waals surface area (Å²) in [7, 11) is 0. The number of carbonyl (C=O) groups excluding carboxylic acids is 1. The minimum atomic E-state index is -0.399. The van der Waals surface area contributed by atoms with E-state index in [-0.39, 0.29) is 5.91 Å². The molecule has 108 valence electrons. The first-order chi connectivity index (χ1) is 10.8. The van der Waals surface area contributed by atoms with Crippen LogP contribution in [0.1, 0.15) is 22.1 Å². The van der Waals surface area contributed by atoms with E-state index in [4.69, 9.17) is 0 Å². The molecule has 0 radical (unpaired) electrons. The third kappa shape index (κ3) is 1.99. The molecule has 3 N–H and O–H groups in total. The van der Waals surface area contributed by atoms with Gasteiger partial charge in [-0.3, -0.25) is 14.9 Å². The normalized spacial score (nSPS) is 16.5. The van der Waals surface area contributed by atoms with Crippen molar-refractivity contribution >= 4 is 11.7 Å². The summed E-state index contributed by atoms with van der Waals surface area (Å²) in [5.74, 6) is 0.403. The first-order valence-corrected chi connectivity index (χ1v) is 6.79. The van der Waals surface area contributed by atoms with E-state index >= 15 is 0 Å². The highest BCUT2D eigenvalue weighted by Crippen LogP contribution is 2.29. The summed E-state index contributed by atoms with van der Waals surface area (Å²) in [6.07, 6.45) is 6.39. The predicted molar refractivity (Wildman–Crippen MR) is 79.9 cm³/mol. The zero-order chi connectivity index (χ0) is 14.9. The largest absolute Gasteiger partial charge is 0.345 e. The number of carbonyl (C=O) groups is 1. The SMILES string of the molecule is O=C1N[C@H](c2cn[nH]c2-c2cccnc2)Nc2ncccc21. The first kappa shape index (κ1) is 12.5. The van der Waals surface area contributed by atoms with Gasteiger partial charge in [-0.1, -0.05) is 0 Å². The lowest BCUT2D eigenvalue weighted by molar-refractivity contribution is 0.0935. The van der Waals surface area contributed by atoms with E-state index in [0.29, 0.717) is 11.4 Å². The molecule has 0 spiro atoms. The van der Waals surface area contributed by atoms with Crippen LogP contribution in [0.15, 0.2) is 49.1 Å². The van der Waals surface area contributed by atoms with Gasteiger partial charge in [0.1, 0.15) is 12.0 Å². The van der Waals surface area contributed by atoms with Gasteiger partial charge < -0.3 is 10.6 Å². The number of amides is 1. The van der Waals surface area contributed by atoms with Crippen LogP contribution in [0.2, 0.25) is 0 Å². The maximum Gasteiger partial charge on any atom is 0.256 e. The molecule has 7 nitrogen and oxygen atoms in total. The van der Waals surface area contributed by atoms with E-state index in [1.165, 1.54) is 0 Å². The van der Waals surface area contributed by atoms with Crippen molar-refractivity contribution in [3.8, 4) is 11.3 Å². The van der Waals surface area contributed by atoms with Crippen LogP contribution in [0.3, 0.4) is 0 Å². The molecule has 7 heteroatoms. The molecular weight excluding hydrogens is 280 g/mol. The molecule has 4 rings (SSSR count). The van der Waals surface area contributed by atoms with Gasteiger partial charge in [0.25, 0.3) is 5.91 Å². The molecule has 4 heterocycles. The second kappa shape index (κ2) is 4.96. The lowest BCUT2D eigenvalue weighted by Crippen LogP contribution is -2.38. The number of rotatable bonds is 2. The molecule has 1 atom stereocenters. The molecule has 0 saturated heterocycles. The summed E-state index contributed by atoms with van der Waals surface area (Å²) < 4.78 is 0. The van der Waals surface area contributed by atoms with Crippen LogP contribution in [-0.2, 0) is 0 Å². The number of pyridine rings is 2. The molecule has 3 aromatic heterocycles. The Morgan fingerprint density at radius 3 is 2.82 bits per heavy atom. The van der Waals surface area contributed by atoms with Gasteiger partial charge in [0.05, 0.1) is 17.5 Å². The highest BCUT2D eigenvalue weighted by Gasteiger charge is 2.27. The van der Waals surface area contributed by atoms with Gasteiger partial charge in [-0.05, 0) is 24.3 Å². The Morgan fingerprint density at radius 2 is 1.95 bits per heavy atom. The van der Waals surface area contributed by atoms with Crippen LogP contribution in [0.5, 0.6) is 0 Å². The standard InChI is InChI=1S/C15H12N6O/c22-15-10-4-2-6-17-13(10)19-14(20-15)11-8-18-21-12(11)9-3-1-5-16-7-9/h1-8,14H,(H,17,19)(H,18,21)(H,20,22)/t14-/m1/s1. The molecule has 22 heavy (non-hydrogen) atoms. The Hall–Kier alpha value is -3.22. The van der Waals surface area contributed by atoms with Crippen LogP contribution in [0.4, 0.5) is 5.82 Å². The van der Waals surface area contributed by atoms with E-state index < -0.39 is 6.17 Å². The minimum absolute atomic E-state index is 0.162. The van der Waals surface area contributed by atoms with Crippen LogP contribution >= 0.6 is 0 Å². The van der Waals surface area contributed by atoms with Crippen molar-refractivity contribution in [2.45, 2.75) is 6.17 Å². The molecule has 1 amide bonds. The topological polar surface area (TPSA) is 95.6 Å². The summed E-state index contributed by atoms with van der Waals surface area (Å²) >= 11 is 0. The van der Waals surface area contributed by atoms with Gasteiger partial charge in [-0.25, -0.2) is 4.98 Å². The van der Waals surface area contributed by atoms with E-state index in [1.807, 2.05) is 12.1 Å². The number of H-pyrrole nitrogens is 1. The number of anilines is 1. The third-order valence-electron chi connectivity index (χ3n) is 3.54. The highest BCUT2D eigenvalue weighted by molar-refractivity contribution is 6.00. The maximum absolute atomic E-state index is 12.2. The molecule has 0 fully saturated rings. The van der Waals surface area contributed by atoms with Crippen LogP contribution in [-0.4, -0.2) is 26.1 Å². The Bertz CT molecular complexity index is 829. The van der Waals surface area contributed by atoms with Gasteiger partial charge in [-0.15, -0.1) is 0 Å². The lowest BCUT2D eigenvalue weighted by Gasteiger charge is -2.26. The summed E-state index contributed by atoms with van der Waals surface area (Å²) in [6.45, 7) is 0. The minimum Gasteiger partial charge on any atom is -0.345 e. The third-order valence-corrected chi connectivity index (χ3v) is 3.54. The molecule has 3 aromatic rings. The van der Waals surface area contributed by atoms with Crippen LogP contribution < -0.4 is 10.6 Å². The van der Waals surface area contributed by atoms with Crippen LogP contribution in [0, 0.1) is 0 Å². The smallest absolute Gasteiger partial charge is 0.256 e. The second-order valence-electron chi connectivity index (χ2n) is 4.89. The van der Waals surface area contributed by atoms with Crippen molar-refractivity contribution in [3.05, 3.63) is 60.2 Å². The van der Waals surface area contributed by atoms with Gasteiger partial charge >= 0.3 is 0 Å². The average molecular weight is 292 g/mol. The average Bonchev–Trinajstić information content (AvgIpc) is 3.05. The zero-order valence-electron chi connectivity index (χ0n) is 11.4. The Morgan fingerprint density at radius 1 is 1.05 bits per heavy atom. The number of nitrogens with one attached hydrogen (secondary N) is 3. The van der Waals surface area contributed by atoms with Gasteiger partial charge in [0.15, 0.2) is 0 Å². The monoisotopic (exact) mass is 292 g/mol. The number of hydrogen-bond donors (Lipinski definition) is 3. The fraction of sp³-hybridized carbons (Fsp3) is 0.0667. The molecule has 0 unspecified atom stereocenters. The van der Waals surface area contributed by atoms with Crippen molar-refractivity contribution in [1.82, 2.24) is 25.5 Å². The lowest BCUT2D eigenvalue weighted by atomic mass is 10.1. The van der Waals surface area contributed by atoms with Gasteiger partial charge in [0, 0.05) is 29.7 Å². The van der Waals surface area contributed by atoms with E-state index in [1.54, 1.807) is 36.9 Å². The van der Waals surface area contributed by atoms with Crippen molar-refractivity contribution in [2.24, 2.45) is 0 Å². The number of aromatic amines is 1. The second-order valence-corrected chi connectivity index (χ2v) is 4.89. The number of aromatic nitrogens is 4. The quantitative estimate of drug-likeness (QED) is 0.668. The number of nitrogens with zero attached hydrogens (tertiary/aromatic N) is 3. The molecular formula is C15H12N6O. The fourth-order valence-electron chi connectivity index (χ4n) is 2.50. The van der Waals surface area contributed by atoms with Crippen LogP contribution in [0.25, 0.3) is 11.3 Å². The summed E-state index contributed by atoms with van der Waals surface area (Å²) in [5, 5.41) is 13.2.